The van der Waals surface area contributed by atoms with Crippen LogP contribution >= 0.6 is 0 Å². The van der Waals surface area contributed by atoms with E-state index in [0.29, 0.717) is 6.54 Å². The highest BCUT2D eigenvalue weighted by atomic mass is 16.5. The van der Waals surface area contributed by atoms with E-state index in [-0.39, 0.29) is 18.4 Å². The summed E-state index contributed by atoms with van der Waals surface area (Å²) in [6, 6.07) is 7.01. The summed E-state index contributed by atoms with van der Waals surface area (Å²) in [6.07, 6.45) is 1.76. The molecule has 0 spiro atoms. The molecule has 2 amide bonds. The number of ether oxygens (including phenoxy) is 1. The molecule has 0 aliphatic rings. The van der Waals surface area contributed by atoms with Gasteiger partial charge in [-0.25, -0.2) is 0 Å². The molecule has 2 N–H and O–H groups in total. The lowest BCUT2D eigenvalue weighted by Crippen LogP contribution is -2.48. The Morgan fingerprint density at radius 1 is 1.35 bits per heavy atom. The van der Waals surface area contributed by atoms with Gasteiger partial charge in [0.1, 0.15) is 6.04 Å². The van der Waals surface area contributed by atoms with Crippen LogP contribution in [0.4, 0.5) is 0 Å². The number of carbonyl (C=O) groups is 2. The number of methoxy groups -OCH3 is 1. The first kappa shape index (κ1) is 15.9. The van der Waals surface area contributed by atoms with Gasteiger partial charge in [0.05, 0.1) is 6.61 Å². The Hall–Kier alpha value is -2.14. The maximum atomic E-state index is 11.9. The smallest absolute Gasteiger partial charge is 0.245 e. The normalized spacial score (nSPS) is 11.5. The van der Waals surface area contributed by atoms with E-state index in [1.807, 2.05) is 24.3 Å². The molecule has 0 aliphatic carbocycles. The zero-order valence-electron chi connectivity index (χ0n) is 11.8. The van der Waals surface area contributed by atoms with Crippen molar-refractivity contribution < 1.29 is 14.3 Å². The van der Waals surface area contributed by atoms with Gasteiger partial charge in [0.15, 0.2) is 0 Å². The number of nitrogens with one attached hydrogen (secondary N) is 2. The molecule has 1 atom stereocenters. The summed E-state index contributed by atoms with van der Waals surface area (Å²) in [5.74, 6) is -0.535. The van der Waals surface area contributed by atoms with Crippen LogP contribution in [0.5, 0.6) is 0 Å². The second kappa shape index (κ2) is 8.12. The molecule has 1 aromatic carbocycles. The summed E-state index contributed by atoms with van der Waals surface area (Å²) in [6.45, 7) is 5.59. The molecule has 0 aliphatic heterocycles. The fourth-order valence-corrected chi connectivity index (χ4v) is 1.68. The van der Waals surface area contributed by atoms with Gasteiger partial charge in [-0.15, -0.1) is 0 Å². The van der Waals surface area contributed by atoms with Crippen molar-refractivity contribution in [1.29, 1.82) is 0 Å². The van der Waals surface area contributed by atoms with Gasteiger partial charge >= 0.3 is 0 Å². The van der Waals surface area contributed by atoms with Gasteiger partial charge in [-0.3, -0.25) is 9.59 Å². The maximum Gasteiger partial charge on any atom is 0.245 e. The molecule has 108 valence electrons. The summed E-state index contributed by atoms with van der Waals surface area (Å²) < 4.78 is 4.92. The van der Waals surface area contributed by atoms with Crippen LogP contribution in [0.25, 0.3) is 6.08 Å². The molecule has 0 fully saturated rings. The van der Waals surface area contributed by atoms with E-state index in [2.05, 4.69) is 17.2 Å². The number of hydrogen-bond acceptors (Lipinski definition) is 3. The van der Waals surface area contributed by atoms with Crippen LogP contribution in [0.15, 0.2) is 30.8 Å². The molecule has 0 heterocycles. The lowest BCUT2D eigenvalue weighted by Gasteiger charge is -2.16. The SMILES string of the molecule is C=Cc1ccc(CNC(=O)[C@H](COC)NC(C)=O)cc1. The van der Waals surface area contributed by atoms with E-state index in [1.165, 1.54) is 14.0 Å². The standard InChI is InChI=1S/C15H20N2O3/c1-4-12-5-7-13(8-6-12)9-16-15(19)14(10-20-3)17-11(2)18/h4-8,14H,1,9-10H2,2-3H3,(H,16,19)(H,17,18)/t14-/m0/s1. The Morgan fingerprint density at radius 3 is 2.50 bits per heavy atom. The van der Waals surface area contributed by atoms with Crippen molar-refractivity contribution in [2.45, 2.75) is 19.5 Å². The lowest BCUT2D eigenvalue weighted by molar-refractivity contribution is -0.129. The number of benzene rings is 1. The van der Waals surface area contributed by atoms with Gasteiger partial charge in [0, 0.05) is 20.6 Å². The molecule has 20 heavy (non-hydrogen) atoms. The zero-order chi connectivity index (χ0) is 15.0. The third-order valence-electron chi connectivity index (χ3n) is 2.71. The van der Waals surface area contributed by atoms with Crippen molar-refractivity contribution in [3.8, 4) is 0 Å². The van der Waals surface area contributed by atoms with Crippen molar-refractivity contribution in [2.24, 2.45) is 0 Å². The molecule has 1 aromatic rings. The summed E-state index contributed by atoms with van der Waals surface area (Å²) >= 11 is 0. The van der Waals surface area contributed by atoms with Gasteiger partial charge in [-0.05, 0) is 11.1 Å². The number of carbonyl (C=O) groups excluding carboxylic acids is 2. The second-order valence-corrected chi connectivity index (χ2v) is 4.37. The van der Waals surface area contributed by atoms with E-state index in [1.54, 1.807) is 6.08 Å². The first-order chi connectivity index (χ1) is 9.56. The quantitative estimate of drug-likeness (QED) is 0.783. The van der Waals surface area contributed by atoms with Crippen molar-refractivity contribution in [1.82, 2.24) is 10.6 Å². The third-order valence-corrected chi connectivity index (χ3v) is 2.71. The summed E-state index contributed by atoms with van der Waals surface area (Å²) in [4.78, 5) is 23.0. The van der Waals surface area contributed by atoms with E-state index < -0.39 is 6.04 Å². The van der Waals surface area contributed by atoms with Crippen LogP contribution in [0.3, 0.4) is 0 Å². The van der Waals surface area contributed by atoms with Crippen LogP contribution in [-0.4, -0.2) is 31.6 Å². The first-order valence-electron chi connectivity index (χ1n) is 6.32. The van der Waals surface area contributed by atoms with Crippen molar-refractivity contribution in [3.05, 3.63) is 42.0 Å². The van der Waals surface area contributed by atoms with E-state index in [4.69, 9.17) is 4.74 Å². The van der Waals surface area contributed by atoms with Crippen LogP contribution < -0.4 is 10.6 Å². The second-order valence-electron chi connectivity index (χ2n) is 4.37. The number of rotatable bonds is 7. The Bertz CT molecular complexity index is 469. The molecule has 5 nitrogen and oxygen atoms in total. The average molecular weight is 276 g/mol. The Labute approximate surface area is 119 Å². The van der Waals surface area contributed by atoms with Gasteiger partial charge in [0.25, 0.3) is 0 Å². The van der Waals surface area contributed by atoms with Gasteiger partial charge < -0.3 is 15.4 Å². The van der Waals surface area contributed by atoms with E-state index >= 15 is 0 Å². The zero-order valence-corrected chi connectivity index (χ0v) is 11.8. The predicted octanol–water partition coefficient (Wildman–Crippen LogP) is 1.10. The van der Waals surface area contributed by atoms with Gasteiger partial charge in [-0.1, -0.05) is 36.9 Å². The molecule has 0 unspecified atom stereocenters. The Kier molecular flexibility index (Phi) is 6.46. The van der Waals surface area contributed by atoms with Gasteiger partial charge in [-0.2, -0.15) is 0 Å². The molecule has 5 heteroatoms. The summed E-state index contributed by atoms with van der Waals surface area (Å²) in [5.41, 5.74) is 2.00. The minimum absolute atomic E-state index is 0.140. The predicted molar refractivity (Wildman–Crippen MR) is 77.9 cm³/mol. The molecule has 0 aromatic heterocycles. The van der Waals surface area contributed by atoms with Crippen LogP contribution in [-0.2, 0) is 20.9 Å². The van der Waals surface area contributed by atoms with Crippen LogP contribution in [0.1, 0.15) is 18.1 Å². The van der Waals surface area contributed by atoms with Crippen LogP contribution in [0.2, 0.25) is 0 Å². The monoisotopic (exact) mass is 276 g/mol. The van der Waals surface area contributed by atoms with Crippen molar-refractivity contribution in [2.75, 3.05) is 13.7 Å². The molecule has 0 radical (unpaired) electrons. The number of amides is 2. The average Bonchev–Trinajstić information content (AvgIpc) is 2.44. The van der Waals surface area contributed by atoms with E-state index in [9.17, 15) is 9.59 Å². The maximum absolute atomic E-state index is 11.9. The highest BCUT2D eigenvalue weighted by Gasteiger charge is 2.18. The number of hydrogen-bond donors (Lipinski definition) is 2. The highest BCUT2D eigenvalue weighted by Crippen LogP contribution is 2.05. The molecular weight excluding hydrogens is 256 g/mol. The fourth-order valence-electron chi connectivity index (χ4n) is 1.68. The van der Waals surface area contributed by atoms with Crippen LogP contribution in [0, 0.1) is 0 Å². The topological polar surface area (TPSA) is 67.4 Å². The lowest BCUT2D eigenvalue weighted by atomic mass is 10.1. The van der Waals surface area contributed by atoms with Crippen molar-refractivity contribution in [3.63, 3.8) is 0 Å². The molecule has 0 saturated carbocycles. The fraction of sp³-hybridized carbons (Fsp3) is 0.333. The highest BCUT2D eigenvalue weighted by molar-refractivity contribution is 5.86. The third kappa shape index (κ3) is 5.24. The Morgan fingerprint density at radius 2 is 2.00 bits per heavy atom. The van der Waals surface area contributed by atoms with E-state index in [0.717, 1.165) is 11.1 Å². The molecular formula is C15H20N2O3. The summed E-state index contributed by atoms with van der Waals surface area (Å²) in [5, 5.41) is 5.31. The largest absolute Gasteiger partial charge is 0.382 e. The molecule has 0 saturated heterocycles. The minimum atomic E-state index is -0.676. The Balaban J connectivity index is 2.54. The summed E-state index contributed by atoms with van der Waals surface area (Å²) in [7, 11) is 1.48. The first-order valence-corrected chi connectivity index (χ1v) is 6.32. The van der Waals surface area contributed by atoms with Gasteiger partial charge in [0.2, 0.25) is 11.8 Å². The molecule has 0 bridgehead atoms. The minimum Gasteiger partial charge on any atom is -0.382 e. The molecule has 1 rings (SSSR count). The van der Waals surface area contributed by atoms with Crippen molar-refractivity contribution >= 4 is 17.9 Å².